The Kier molecular flexibility index (Phi) is 2.47. The lowest BCUT2D eigenvalue weighted by molar-refractivity contribution is 0.664. The van der Waals surface area contributed by atoms with Gasteiger partial charge in [0, 0.05) is 7.05 Å². The van der Waals surface area contributed by atoms with E-state index in [2.05, 4.69) is 20.5 Å². The molecular weight excluding hydrogens is 230 g/mol. The largest absolute Gasteiger partial charge is 0.236 e. The molecule has 0 radical (unpaired) electrons. The molecule has 0 saturated heterocycles. The Bertz CT molecular complexity index is 410. The van der Waals surface area contributed by atoms with Crippen LogP contribution in [0.4, 0.5) is 0 Å². The number of tetrazole rings is 1. The zero-order chi connectivity index (χ0) is 9.26. The molecule has 0 bridgehead atoms. The Morgan fingerprint density at radius 2 is 2.46 bits per heavy atom. The highest BCUT2D eigenvalue weighted by Crippen LogP contribution is 2.30. The molecule has 0 aliphatic rings. The maximum Gasteiger partial charge on any atom is 0.216 e. The Labute approximate surface area is 87.1 Å². The highest BCUT2D eigenvalue weighted by Gasteiger charge is 2.07. The van der Waals surface area contributed by atoms with E-state index in [0.717, 1.165) is 4.34 Å². The van der Waals surface area contributed by atoms with Crippen molar-refractivity contribution in [1.29, 1.82) is 0 Å². The third kappa shape index (κ3) is 1.98. The summed E-state index contributed by atoms with van der Waals surface area (Å²) >= 11 is 8.52. The van der Waals surface area contributed by atoms with Gasteiger partial charge >= 0.3 is 0 Å². The molecule has 0 atom stereocenters. The Morgan fingerprint density at radius 3 is 3.00 bits per heavy atom. The van der Waals surface area contributed by atoms with E-state index in [1.807, 2.05) is 0 Å². The van der Waals surface area contributed by atoms with Crippen molar-refractivity contribution in [2.24, 2.45) is 7.05 Å². The summed E-state index contributed by atoms with van der Waals surface area (Å²) in [5.74, 6) is 0. The van der Waals surface area contributed by atoms with Gasteiger partial charge in [-0.3, -0.25) is 0 Å². The van der Waals surface area contributed by atoms with Crippen molar-refractivity contribution in [3.63, 3.8) is 0 Å². The SMILES string of the molecule is Cn1nnnc1Sc1ncc(Cl)s1. The fraction of sp³-hybridized carbons (Fsp3) is 0.200. The molecule has 0 saturated carbocycles. The molecule has 2 heterocycles. The number of thiazole rings is 1. The van der Waals surface area contributed by atoms with Crippen LogP contribution in [0.15, 0.2) is 15.7 Å². The van der Waals surface area contributed by atoms with Gasteiger partial charge in [0.2, 0.25) is 5.16 Å². The van der Waals surface area contributed by atoms with Crippen LogP contribution in [0.2, 0.25) is 4.34 Å². The van der Waals surface area contributed by atoms with Crippen LogP contribution in [0.1, 0.15) is 0 Å². The summed E-state index contributed by atoms with van der Waals surface area (Å²) < 4.78 is 3.08. The topological polar surface area (TPSA) is 56.5 Å². The summed E-state index contributed by atoms with van der Waals surface area (Å²) in [6.45, 7) is 0. The van der Waals surface area contributed by atoms with Crippen LogP contribution in [0.3, 0.4) is 0 Å². The summed E-state index contributed by atoms with van der Waals surface area (Å²) in [4.78, 5) is 4.07. The monoisotopic (exact) mass is 233 g/mol. The highest BCUT2D eigenvalue weighted by atomic mass is 35.5. The molecule has 0 unspecified atom stereocenters. The van der Waals surface area contributed by atoms with Crippen LogP contribution in [-0.4, -0.2) is 25.2 Å². The van der Waals surface area contributed by atoms with Gasteiger partial charge in [-0.15, -0.1) is 5.10 Å². The van der Waals surface area contributed by atoms with E-state index in [0.29, 0.717) is 9.49 Å². The molecule has 0 aliphatic heterocycles. The Morgan fingerprint density at radius 1 is 1.62 bits per heavy atom. The summed E-state index contributed by atoms with van der Waals surface area (Å²) in [7, 11) is 1.78. The second kappa shape index (κ2) is 3.60. The quantitative estimate of drug-likeness (QED) is 0.786. The smallest absolute Gasteiger partial charge is 0.216 e. The summed E-state index contributed by atoms with van der Waals surface area (Å²) in [5, 5.41) is 11.7. The second-order valence-electron chi connectivity index (χ2n) is 2.12. The van der Waals surface area contributed by atoms with Crippen molar-refractivity contribution in [3.05, 3.63) is 10.5 Å². The maximum absolute atomic E-state index is 5.72. The molecule has 13 heavy (non-hydrogen) atoms. The molecule has 0 fully saturated rings. The summed E-state index contributed by atoms with van der Waals surface area (Å²) in [6.07, 6.45) is 1.61. The Balaban J connectivity index is 2.19. The molecule has 2 aromatic rings. The molecule has 0 spiro atoms. The van der Waals surface area contributed by atoms with Crippen LogP contribution >= 0.6 is 34.7 Å². The molecule has 0 N–H and O–H groups in total. The van der Waals surface area contributed by atoms with Crippen LogP contribution in [0, 0.1) is 0 Å². The van der Waals surface area contributed by atoms with Crippen molar-refractivity contribution in [2.45, 2.75) is 9.50 Å². The Hall–Kier alpha value is -0.660. The van der Waals surface area contributed by atoms with Gasteiger partial charge in [-0.05, 0) is 22.2 Å². The number of hydrogen-bond acceptors (Lipinski definition) is 6. The minimum Gasteiger partial charge on any atom is -0.236 e. The molecule has 0 aromatic carbocycles. The molecule has 0 aliphatic carbocycles. The van der Waals surface area contributed by atoms with Gasteiger partial charge in [0.1, 0.15) is 4.34 Å². The third-order valence-corrected chi connectivity index (χ3v) is 3.43. The van der Waals surface area contributed by atoms with Gasteiger partial charge in [-0.25, -0.2) is 9.67 Å². The molecule has 68 valence electrons. The average molecular weight is 234 g/mol. The second-order valence-corrected chi connectivity index (χ2v) is 4.99. The average Bonchev–Trinajstić information content (AvgIpc) is 2.64. The van der Waals surface area contributed by atoms with Gasteiger partial charge in [0.25, 0.3) is 0 Å². The van der Waals surface area contributed by atoms with Gasteiger partial charge in [-0.2, -0.15) is 0 Å². The molecular formula is C5H4ClN5S2. The van der Waals surface area contributed by atoms with Crippen molar-refractivity contribution >= 4 is 34.7 Å². The first-order chi connectivity index (χ1) is 6.25. The number of aromatic nitrogens is 5. The molecule has 2 aromatic heterocycles. The van der Waals surface area contributed by atoms with E-state index in [1.165, 1.54) is 23.1 Å². The van der Waals surface area contributed by atoms with Crippen molar-refractivity contribution in [3.8, 4) is 0 Å². The molecule has 2 rings (SSSR count). The van der Waals surface area contributed by atoms with Crippen molar-refractivity contribution in [2.75, 3.05) is 0 Å². The molecule has 5 nitrogen and oxygen atoms in total. The van der Waals surface area contributed by atoms with Gasteiger partial charge < -0.3 is 0 Å². The van der Waals surface area contributed by atoms with E-state index in [-0.39, 0.29) is 0 Å². The van der Waals surface area contributed by atoms with Gasteiger partial charge in [-0.1, -0.05) is 22.9 Å². The number of rotatable bonds is 2. The van der Waals surface area contributed by atoms with Gasteiger partial charge in [0.15, 0.2) is 4.34 Å². The van der Waals surface area contributed by atoms with E-state index < -0.39 is 0 Å². The molecule has 0 amide bonds. The summed E-state index contributed by atoms with van der Waals surface area (Å²) in [6, 6.07) is 0. The zero-order valence-corrected chi connectivity index (χ0v) is 8.90. The minimum absolute atomic E-state index is 0.664. The summed E-state index contributed by atoms with van der Waals surface area (Å²) in [5.41, 5.74) is 0. The first-order valence-electron chi connectivity index (χ1n) is 3.27. The fourth-order valence-corrected chi connectivity index (χ4v) is 2.62. The number of halogens is 1. The first kappa shape index (κ1) is 8.92. The standard InChI is InChI=1S/C5H4ClN5S2/c1-11-4(8-9-10-11)13-5-7-2-3(6)12-5/h2H,1H3. The number of aryl methyl sites for hydroxylation is 1. The van der Waals surface area contributed by atoms with E-state index in [1.54, 1.807) is 17.9 Å². The maximum atomic E-state index is 5.72. The van der Waals surface area contributed by atoms with Crippen molar-refractivity contribution < 1.29 is 0 Å². The van der Waals surface area contributed by atoms with E-state index in [9.17, 15) is 0 Å². The minimum atomic E-state index is 0.664. The van der Waals surface area contributed by atoms with Crippen molar-refractivity contribution in [1.82, 2.24) is 25.2 Å². The lowest BCUT2D eigenvalue weighted by Gasteiger charge is -1.91. The van der Waals surface area contributed by atoms with E-state index >= 15 is 0 Å². The highest BCUT2D eigenvalue weighted by molar-refractivity contribution is 8.00. The lowest BCUT2D eigenvalue weighted by atomic mass is 11.0. The fourth-order valence-electron chi connectivity index (χ4n) is 0.673. The molecule has 8 heteroatoms. The lowest BCUT2D eigenvalue weighted by Crippen LogP contribution is -1.92. The zero-order valence-electron chi connectivity index (χ0n) is 6.51. The predicted octanol–water partition coefficient (Wildman–Crippen LogP) is 1.47. The number of hydrogen-bond donors (Lipinski definition) is 0. The van der Waals surface area contributed by atoms with Crippen LogP contribution < -0.4 is 0 Å². The third-order valence-electron chi connectivity index (χ3n) is 1.22. The van der Waals surface area contributed by atoms with Crippen LogP contribution in [0.25, 0.3) is 0 Å². The van der Waals surface area contributed by atoms with E-state index in [4.69, 9.17) is 11.6 Å². The van der Waals surface area contributed by atoms with Crippen LogP contribution in [0.5, 0.6) is 0 Å². The first-order valence-corrected chi connectivity index (χ1v) is 5.28. The van der Waals surface area contributed by atoms with Gasteiger partial charge in [0.05, 0.1) is 6.20 Å². The normalized spacial score (nSPS) is 10.6. The predicted molar refractivity (Wildman–Crippen MR) is 50.0 cm³/mol. The van der Waals surface area contributed by atoms with Crippen LogP contribution in [-0.2, 0) is 7.05 Å². The number of nitrogens with zero attached hydrogens (tertiary/aromatic N) is 5.